The fourth-order valence-corrected chi connectivity index (χ4v) is 2.53. The Kier molecular flexibility index (Phi) is 1.74. The van der Waals surface area contributed by atoms with Crippen molar-refractivity contribution in [3.8, 4) is 0 Å². The molecule has 0 aromatic heterocycles. The van der Waals surface area contributed by atoms with Crippen molar-refractivity contribution in [2.45, 2.75) is 31.5 Å². The summed E-state index contributed by atoms with van der Waals surface area (Å²) in [6.45, 7) is 0.778. The molecule has 0 saturated heterocycles. The average molecular weight is 186 g/mol. The topological polar surface area (TPSA) is 9.23 Å². The maximum atomic E-state index is 5.97. The lowest BCUT2D eigenvalue weighted by atomic mass is 9.84. The molecule has 1 spiro atoms. The van der Waals surface area contributed by atoms with Crippen LogP contribution in [0.1, 0.15) is 30.4 Å². The largest absolute Gasteiger partial charge is 0.361 e. The van der Waals surface area contributed by atoms with Gasteiger partial charge in [0.2, 0.25) is 0 Å². The Bertz CT molecular complexity index is 381. The zero-order chi connectivity index (χ0) is 9.43. The highest BCUT2D eigenvalue weighted by molar-refractivity contribution is 5.39. The summed E-state index contributed by atoms with van der Waals surface area (Å²) < 4.78 is 5.97. The second kappa shape index (κ2) is 2.96. The highest BCUT2D eigenvalue weighted by Gasteiger charge is 2.37. The molecule has 3 rings (SSSR count). The van der Waals surface area contributed by atoms with Gasteiger partial charge in [0.15, 0.2) is 0 Å². The molecule has 0 amide bonds. The maximum Gasteiger partial charge on any atom is 0.112 e. The zero-order valence-corrected chi connectivity index (χ0v) is 8.20. The highest BCUT2D eigenvalue weighted by atomic mass is 16.5. The van der Waals surface area contributed by atoms with E-state index in [1.54, 1.807) is 0 Å². The standard InChI is InChI=1S/C13H14O/c1-4-8-13(9-5-1)12-7-3-2-6-11(12)10-14-13/h2-4,6-8H,1,5,9-10H2. The van der Waals surface area contributed by atoms with Crippen molar-refractivity contribution < 1.29 is 4.74 Å². The summed E-state index contributed by atoms with van der Waals surface area (Å²) in [6, 6.07) is 8.58. The van der Waals surface area contributed by atoms with Gasteiger partial charge in [-0.2, -0.15) is 0 Å². The molecule has 0 N–H and O–H groups in total. The Morgan fingerprint density at radius 2 is 2.14 bits per heavy atom. The quantitative estimate of drug-likeness (QED) is 0.565. The first kappa shape index (κ1) is 8.25. The van der Waals surface area contributed by atoms with E-state index in [9.17, 15) is 0 Å². The summed E-state index contributed by atoms with van der Waals surface area (Å²) in [5, 5.41) is 0. The van der Waals surface area contributed by atoms with Gasteiger partial charge in [-0.25, -0.2) is 0 Å². The first-order chi connectivity index (χ1) is 6.91. The lowest BCUT2D eigenvalue weighted by Crippen LogP contribution is -2.24. The van der Waals surface area contributed by atoms with Crippen LogP contribution in [0.2, 0.25) is 0 Å². The molecule has 0 saturated carbocycles. The summed E-state index contributed by atoms with van der Waals surface area (Å²) in [5.74, 6) is 0. The lowest BCUT2D eigenvalue weighted by molar-refractivity contribution is -0.00979. The maximum absolute atomic E-state index is 5.97. The van der Waals surface area contributed by atoms with Crippen LogP contribution in [0, 0.1) is 0 Å². The zero-order valence-electron chi connectivity index (χ0n) is 8.20. The number of fused-ring (bicyclic) bond motifs is 2. The number of ether oxygens (including phenoxy) is 1. The second-order valence-corrected chi connectivity index (χ2v) is 4.13. The Morgan fingerprint density at radius 1 is 1.21 bits per heavy atom. The molecule has 1 aliphatic carbocycles. The molecule has 1 heterocycles. The Balaban J connectivity index is 2.12. The minimum atomic E-state index is -0.0746. The van der Waals surface area contributed by atoms with E-state index in [0.717, 1.165) is 13.0 Å². The van der Waals surface area contributed by atoms with E-state index in [1.807, 2.05) is 0 Å². The number of hydrogen-bond acceptors (Lipinski definition) is 1. The molecule has 14 heavy (non-hydrogen) atoms. The molecule has 1 aliphatic heterocycles. The van der Waals surface area contributed by atoms with Gasteiger partial charge in [0.25, 0.3) is 0 Å². The molecule has 0 bridgehead atoms. The molecule has 1 unspecified atom stereocenters. The van der Waals surface area contributed by atoms with Gasteiger partial charge in [0, 0.05) is 0 Å². The Hall–Kier alpha value is -1.08. The van der Waals surface area contributed by atoms with E-state index in [-0.39, 0.29) is 5.60 Å². The number of allylic oxidation sites excluding steroid dienone is 1. The molecule has 1 aromatic rings. The molecule has 1 nitrogen and oxygen atoms in total. The van der Waals surface area contributed by atoms with Crippen LogP contribution in [-0.4, -0.2) is 0 Å². The van der Waals surface area contributed by atoms with Gasteiger partial charge in [-0.15, -0.1) is 0 Å². The minimum Gasteiger partial charge on any atom is -0.361 e. The minimum absolute atomic E-state index is 0.0746. The van der Waals surface area contributed by atoms with Crippen LogP contribution in [0.4, 0.5) is 0 Å². The van der Waals surface area contributed by atoms with Crippen molar-refractivity contribution in [3.63, 3.8) is 0 Å². The van der Waals surface area contributed by atoms with E-state index in [2.05, 4.69) is 36.4 Å². The third-order valence-electron chi connectivity index (χ3n) is 3.26. The first-order valence-corrected chi connectivity index (χ1v) is 5.31. The predicted molar refractivity (Wildman–Crippen MR) is 55.9 cm³/mol. The van der Waals surface area contributed by atoms with E-state index in [1.165, 1.54) is 24.0 Å². The van der Waals surface area contributed by atoms with Gasteiger partial charge in [-0.1, -0.05) is 36.4 Å². The van der Waals surface area contributed by atoms with Gasteiger partial charge >= 0.3 is 0 Å². The smallest absolute Gasteiger partial charge is 0.112 e. The first-order valence-electron chi connectivity index (χ1n) is 5.31. The summed E-state index contributed by atoms with van der Waals surface area (Å²) in [7, 11) is 0. The van der Waals surface area contributed by atoms with Crippen molar-refractivity contribution in [1.82, 2.24) is 0 Å². The Morgan fingerprint density at radius 3 is 3.00 bits per heavy atom. The van der Waals surface area contributed by atoms with Crippen molar-refractivity contribution >= 4 is 0 Å². The predicted octanol–water partition coefficient (Wildman–Crippen LogP) is 3.15. The van der Waals surface area contributed by atoms with Crippen LogP contribution in [-0.2, 0) is 16.9 Å². The fraction of sp³-hybridized carbons (Fsp3) is 0.385. The van der Waals surface area contributed by atoms with Gasteiger partial charge in [0.05, 0.1) is 6.61 Å². The summed E-state index contributed by atoms with van der Waals surface area (Å²) in [6.07, 6.45) is 8.09. The lowest BCUT2D eigenvalue weighted by Gasteiger charge is -2.28. The molecule has 1 heteroatoms. The third kappa shape index (κ3) is 1.05. The highest BCUT2D eigenvalue weighted by Crippen LogP contribution is 2.43. The van der Waals surface area contributed by atoms with Crippen molar-refractivity contribution in [3.05, 3.63) is 47.5 Å². The summed E-state index contributed by atoms with van der Waals surface area (Å²) >= 11 is 0. The van der Waals surface area contributed by atoms with Crippen LogP contribution in [0.5, 0.6) is 0 Å². The van der Waals surface area contributed by atoms with E-state index in [4.69, 9.17) is 4.74 Å². The SMILES string of the molecule is C1=CC2(CCC1)OCc1ccccc12. The molecule has 1 atom stereocenters. The van der Waals surface area contributed by atoms with Crippen molar-refractivity contribution in [1.29, 1.82) is 0 Å². The van der Waals surface area contributed by atoms with E-state index >= 15 is 0 Å². The Labute approximate surface area is 84.4 Å². The molecule has 2 aliphatic rings. The fourth-order valence-electron chi connectivity index (χ4n) is 2.53. The van der Waals surface area contributed by atoms with Crippen LogP contribution in [0.25, 0.3) is 0 Å². The van der Waals surface area contributed by atoms with Gasteiger partial charge in [-0.05, 0) is 30.4 Å². The van der Waals surface area contributed by atoms with E-state index < -0.39 is 0 Å². The number of benzene rings is 1. The summed E-state index contributed by atoms with van der Waals surface area (Å²) in [5.41, 5.74) is 2.67. The number of hydrogen-bond donors (Lipinski definition) is 0. The van der Waals surface area contributed by atoms with Crippen molar-refractivity contribution in [2.75, 3.05) is 0 Å². The summed E-state index contributed by atoms with van der Waals surface area (Å²) in [4.78, 5) is 0. The van der Waals surface area contributed by atoms with E-state index in [0.29, 0.717) is 0 Å². The molecule has 72 valence electrons. The monoisotopic (exact) mass is 186 g/mol. The molecular weight excluding hydrogens is 172 g/mol. The van der Waals surface area contributed by atoms with Crippen molar-refractivity contribution in [2.24, 2.45) is 0 Å². The normalized spacial score (nSPS) is 29.4. The van der Waals surface area contributed by atoms with Crippen LogP contribution in [0.15, 0.2) is 36.4 Å². The molecule has 1 aromatic carbocycles. The van der Waals surface area contributed by atoms with Crippen LogP contribution < -0.4 is 0 Å². The molecule has 0 radical (unpaired) electrons. The average Bonchev–Trinajstić information content (AvgIpc) is 2.60. The molecule has 0 fully saturated rings. The second-order valence-electron chi connectivity index (χ2n) is 4.13. The van der Waals surface area contributed by atoms with Gasteiger partial charge in [-0.3, -0.25) is 0 Å². The third-order valence-corrected chi connectivity index (χ3v) is 3.26. The van der Waals surface area contributed by atoms with Gasteiger partial charge < -0.3 is 4.74 Å². The van der Waals surface area contributed by atoms with Crippen LogP contribution >= 0.6 is 0 Å². The molecular formula is C13H14O. The van der Waals surface area contributed by atoms with Gasteiger partial charge in [0.1, 0.15) is 5.60 Å². The van der Waals surface area contributed by atoms with Crippen LogP contribution in [0.3, 0.4) is 0 Å². The number of rotatable bonds is 0.